The van der Waals surface area contributed by atoms with E-state index < -0.39 is 18.9 Å². The average molecular weight is 290 g/mol. The van der Waals surface area contributed by atoms with Gasteiger partial charge in [-0.3, -0.25) is 4.57 Å². The Morgan fingerprint density at radius 3 is 2.16 bits per heavy atom. The molecule has 0 spiro atoms. The van der Waals surface area contributed by atoms with Crippen LogP contribution in [0.15, 0.2) is 12.2 Å². The molecule has 0 bridgehead atoms. The van der Waals surface area contributed by atoms with Crippen LogP contribution in [0.1, 0.15) is 52.9 Å². The summed E-state index contributed by atoms with van der Waals surface area (Å²) in [7, 11) is -3.32. The highest BCUT2D eigenvalue weighted by Gasteiger charge is 2.48. The third kappa shape index (κ3) is 4.16. The van der Waals surface area contributed by atoms with E-state index in [1.54, 1.807) is 19.9 Å². The van der Waals surface area contributed by atoms with Gasteiger partial charge in [0.1, 0.15) is 5.66 Å². The van der Waals surface area contributed by atoms with Crippen molar-refractivity contribution in [3.05, 3.63) is 12.2 Å². The van der Waals surface area contributed by atoms with Gasteiger partial charge in [0.2, 0.25) is 0 Å². The van der Waals surface area contributed by atoms with Crippen LogP contribution < -0.4 is 0 Å². The molecule has 1 aliphatic carbocycles. The summed E-state index contributed by atoms with van der Waals surface area (Å²) in [5.74, 6) is 0. The third-order valence-electron chi connectivity index (χ3n) is 3.60. The first-order valence-electron chi connectivity index (χ1n) is 7.26. The van der Waals surface area contributed by atoms with Gasteiger partial charge in [0.05, 0.1) is 18.8 Å². The van der Waals surface area contributed by atoms with E-state index in [1.165, 1.54) is 0 Å². The summed E-state index contributed by atoms with van der Waals surface area (Å²) in [6, 6.07) is 0. The van der Waals surface area contributed by atoms with Crippen molar-refractivity contribution in [1.29, 1.82) is 0 Å². The maximum absolute atomic E-state index is 13.0. The molecular formula is C14H27O4P. The summed E-state index contributed by atoms with van der Waals surface area (Å²) in [4.78, 5) is 0. The molecular weight excluding hydrogens is 263 g/mol. The van der Waals surface area contributed by atoms with Gasteiger partial charge in [-0.2, -0.15) is 0 Å². The molecule has 1 fully saturated rings. The molecule has 1 aliphatic rings. The number of aliphatic hydroxyl groups is 1. The first-order chi connectivity index (χ1) is 9.02. The molecule has 1 rings (SSSR count). The standard InChI is InChI=1S/C14H27O4P/c1-4-10-13(14(15)11-8-7-9-12-14)19(16,17-5-2)18-6-3/h4,10,13,15H,5-9,11-12H2,1-3H3/b10-4+/t13-/m0/s1. The minimum atomic E-state index is -3.32. The fraction of sp³-hybridized carbons (Fsp3) is 0.857. The molecule has 5 heteroatoms. The molecule has 1 atom stereocenters. The summed E-state index contributed by atoms with van der Waals surface area (Å²) in [5, 5.41) is 10.9. The minimum absolute atomic E-state index is 0.321. The number of hydrogen-bond donors (Lipinski definition) is 1. The Hall–Kier alpha value is -0.150. The maximum atomic E-state index is 13.0. The summed E-state index contributed by atoms with van der Waals surface area (Å²) in [6.07, 6.45) is 7.97. The molecule has 0 aromatic heterocycles. The SMILES string of the molecule is C/C=C/[C@@H](C1(O)CCCCC1)P(=O)(OCC)OCC. The van der Waals surface area contributed by atoms with Crippen molar-refractivity contribution in [1.82, 2.24) is 0 Å². The zero-order valence-electron chi connectivity index (χ0n) is 12.3. The van der Waals surface area contributed by atoms with Gasteiger partial charge in [0, 0.05) is 0 Å². The Morgan fingerprint density at radius 2 is 1.74 bits per heavy atom. The van der Waals surface area contributed by atoms with E-state index in [0.717, 1.165) is 19.3 Å². The van der Waals surface area contributed by atoms with Gasteiger partial charge < -0.3 is 14.2 Å². The van der Waals surface area contributed by atoms with Crippen LogP contribution >= 0.6 is 7.60 Å². The molecule has 0 radical (unpaired) electrons. The predicted molar refractivity (Wildman–Crippen MR) is 77.5 cm³/mol. The first-order valence-corrected chi connectivity index (χ1v) is 8.87. The highest BCUT2D eigenvalue weighted by molar-refractivity contribution is 7.55. The van der Waals surface area contributed by atoms with Gasteiger partial charge in [0.15, 0.2) is 0 Å². The number of rotatable bonds is 7. The van der Waals surface area contributed by atoms with Crippen molar-refractivity contribution in [2.24, 2.45) is 0 Å². The monoisotopic (exact) mass is 290 g/mol. The lowest BCUT2D eigenvalue weighted by molar-refractivity contribution is 0.00180. The van der Waals surface area contributed by atoms with Gasteiger partial charge in [0.25, 0.3) is 0 Å². The van der Waals surface area contributed by atoms with Crippen molar-refractivity contribution in [2.45, 2.75) is 64.1 Å². The second-order valence-electron chi connectivity index (χ2n) is 5.01. The quantitative estimate of drug-likeness (QED) is 0.571. The first kappa shape index (κ1) is 16.9. The fourth-order valence-electron chi connectivity index (χ4n) is 2.78. The average Bonchev–Trinajstić information content (AvgIpc) is 2.37. The Bertz CT molecular complexity index is 324. The van der Waals surface area contributed by atoms with Crippen molar-refractivity contribution >= 4 is 7.60 Å². The van der Waals surface area contributed by atoms with Crippen LogP contribution in [0, 0.1) is 0 Å². The highest BCUT2D eigenvalue weighted by Crippen LogP contribution is 2.59. The molecule has 0 aliphatic heterocycles. The fourth-order valence-corrected chi connectivity index (χ4v) is 5.12. The van der Waals surface area contributed by atoms with Crippen molar-refractivity contribution in [2.75, 3.05) is 13.2 Å². The maximum Gasteiger partial charge on any atom is 0.340 e. The summed E-state index contributed by atoms with van der Waals surface area (Å²) in [5.41, 5.74) is -1.53. The molecule has 0 amide bonds. The van der Waals surface area contributed by atoms with Crippen LogP contribution in [0.2, 0.25) is 0 Å². The highest BCUT2D eigenvalue weighted by atomic mass is 31.2. The lowest BCUT2D eigenvalue weighted by atomic mass is 9.82. The van der Waals surface area contributed by atoms with Gasteiger partial charge in [-0.25, -0.2) is 0 Å². The molecule has 4 nitrogen and oxygen atoms in total. The number of hydrogen-bond acceptors (Lipinski definition) is 4. The topological polar surface area (TPSA) is 55.8 Å². The van der Waals surface area contributed by atoms with E-state index in [4.69, 9.17) is 9.05 Å². The minimum Gasteiger partial charge on any atom is -0.389 e. The van der Waals surface area contributed by atoms with Crippen LogP contribution in [-0.2, 0) is 13.6 Å². The van der Waals surface area contributed by atoms with Crippen LogP contribution in [0.5, 0.6) is 0 Å². The smallest absolute Gasteiger partial charge is 0.340 e. The lowest BCUT2D eigenvalue weighted by Gasteiger charge is -2.40. The van der Waals surface area contributed by atoms with E-state index in [0.29, 0.717) is 26.1 Å². The Labute approximate surface area is 116 Å². The molecule has 1 saturated carbocycles. The van der Waals surface area contributed by atoms with Gasteiger partial charge in [-0.15, -0.1) is 0 Å². The Balaban J connectivity index is 3.05. The zero-order chi connectivity index (χ0) is 14.4. The normalized spacial score (nSPS) is 21.7. The molecule has 0 unspecified atom stereocenters. The van der Waals surface area contributed by atoms with Crippen LogP contribution in [0.4, 0.5) is 0 Å². The van der Waals surface area contributed by atoms with Gasteiger partial charge in [-0.05, 0) is 33.6 Å². The molecule has 0 heterocycles. The van der Waals surface area contributed by atoms with Crippen molar-refractivity contribution < 1.29 is 18.7 Å². The van der Waals surface area contributed by atoms with E-state index in [-0.39, 0.29) is 0 Å². The van der Waals surface area contributed by atoms with Crippen molar-refractivity contribution in [3.63, 3.8) is 0 Å². The van der Waals surface area contributed by atoms with Crippen LogP contribution in [-0.4, -0.2) is 29.6 Å². The second kappa shape index (κ2) is 7.58. The third-order valence-corrected chi connectivity index (χ3v) is 6.17. The lowest BCUT2D eigenvalue weighted by Crippen LogP contribution is -2.43. The molecule has 0 aromatic rings. The summed E-state index contributed by atoms with van der Waals surface area (Å²) < 4.78 is 23.8. The van der Waals surface area contributed by atoms with E-state index in [1.807, 2.05) is 13.0 Å². The molecule has 112 valence electrons. The zero-order valence-corrected chi connectivity index (χ0v) is 13.2. The Kier molecular flexibility index (Phi) is 6.75. The van der Waals surface area contributed by atoms with Gasteiger partial charge in [-0.1, -0.05) is 31.4 Å². The summed E-state index contributed by atoms with van der Waals surface area (Å²) >= 11 is 0. The van der Waals surface area contributed by atoms with Crippen LogP contribution in [0.25, 0.3) is 0 Å². The van der Waals surface area contributed by atoms with E-state index >= 15 is 0 Å². The molecule has 19 heavy (non-hydrogen) atoms. The molecule has 0 aromatic carbocycles. The largest absolute Gasteiger partial charge is 0.389 e. The van der Waals surface area contributed by atoms with E-state index in [9.17, 15) is 9.67 Å². The van der Waals surface area contributed by atoms with Gasteiger partial charge >= 0.3 is 7.60 Å². The summed E-state index contributed by atoms with van der Waals surface area (Å²) in [6.45, 7) is 6.09. The molecule has 0 saturated heterocycles. The van der Waals surface area contributed by atoms with Crippen molar-refractivity contribution in [3.8, 4) is 0 Å². The number of allylic oxidation sites excluding steroid dienone is 1. The van der Waals surface area contributed by atoms with Crippen LogP contribution in [0.3, 0.4) is 0 Å². The Morgan fingerprint density at radius 1 is 1.21 bits per heavy atom. The second-order valence-corrected chi connectivity index (χ2v) is 7.16. The molecule has 1 N–H and O–H groups in total. The predicted octanol–water partition coefficient (Wildman–Crippen LogP) is 3.89. The van der Waals surface area contributed by atoms with E-state index in [2.05, 4.69) is 0 Å².